The van der Waals surface area contributed by atoms with E-state index < -0.39 is 5.54 Å². The fourth-order valence-electron chi connectivity index (χ4n) is 2.64. The zero-order valence-corrected chi connectivity index (χ0v) is 13.8. The summed E-state index contributed by atoms with van der Waals surface area (Å²) in [5.74, 6) is 2.27. The van der Waals surface area contributed by atoms with E-state index in [0.717, 1.165) is 23.8 Å². The summed E-state index contributed by atoms with van der Waals surface area (Å²) in [6.45, 7) is 11.3. The molecule has 0 radical (unpaired) electrons. The molecule has 1 aromatic heterocycles. The van der Waals surface area contributed by atoms with Crippen LogP contribution in [0, 0.1) is 6.92 Å². The van der Waals surface area contributed by atoms with E-state index in [2.05, 4.69) is 14.9 Å². The van der Waals surface area contributed by atoms with Crippen molar-refractivity contribution in [3.63, 3.8) is 0 Å². The number of aromatic nitrogens is 2. The molecule has 0 atom stereocenters. The van der Waals surface area contributed by atoms with E-state index in [4.69, 9.17) is 5.73 Å². The molecule has 0 unspecified atom stereocenters. The van der Waals surface area contributed by atoms with Gasteiger partial charge in [-0.25, -0.2) is 9.97 Å². The van der Waals surface area contributed by atoms with Gasteiger partial charge in [-0.05, 0) is 20.8 Å². The van der Waals surface area contributed by atoms with Crippen molar-refractivity contribution in [1.82, 2.24) is 14.9 Å². The molecule has 2 heterocycles. The highest BCUT2D eigenvalue weighted by atomic mass is 16.2. The summed E-state index contributed by atoms with van der Waals surface area (Å²) >= 11 is 0. The number of nitrogens with zero attached hydrogens (tertiary/aromatic N) is 4. The van der Waals surface area contributed by atoms with E-state index >= 15 is 0 Å². The highest BCUT2D eigenvalue weighted by molar-refractivity contribution is 5.90. The van der Waals surface area contributed by atoms with Crippen molar-refractivity contribution in [3.05, 3.63) is 11.4 Å². The van der Waals surface area contributed by atoms with Crippen LogP contribution in [0.1, 0.15) is 45.0 Å². The first-order valence-electron chi connectivity index (χ1n) is 7.33. The minimum Gasteiger partial charge on any atom is -0.383 e. The van der Waals surface area contributed by atoms with Crippen molar-refractivity contribution >= 4 is 17.5 Å². The first kappa shape index (κ1) is 15.5. The lowest BCUT2D eigenvalue weighted by Gasteiger charge is -2.46. The molecule has 1 aliphatic rings. The van der Waals surface area contributed by atoms with Gasteiger partial charge in [-0.1, -0.05) is 13.8 Å². The molecule has 2 rings (SSSR count). The van der Waals surface area contributed by atoms with Crippen LogP contribution in [0.25, 0.3) is 0 Å². The minimum atomic E-state index is -0.632. The molecule has 1 saturated heterocycles. The number of nitrogen functional groups attached to an aromatic ring is 1. The van der Waals surface area contributed by atoms with Crippen LogP contribution in [0.3, 0.4) is 0 Å². The summed E-state index contributed by atoms with van der Waals surface area (Å²) in [7, 11) is 1.84. The highest BCUT2D eigenvalue weighted by Gasteiger charge is 2.42. The Labute approximate surface area is 126 Å². The van der Waals surface area contributed by atoms with Gasteiger partial charge in [0.15, 0.2) is 0 Å². The maximum atomic E-state index is 12.5. The predicted octanol–water partition coefficient (Wildman–Crippen LogP) is 1.55. The van der Waals surface area contributed by atoms with E-state index in [1.54, 1.807) is 4.90 Å². The van der Waals surface area contributed by atoms with Gasteiger partial charge in [-0.2, -0.15) is 0 Å². The molecule has 116 valence electrons. The van der Waals surface area contributed by atoms with Crippen LogP contribution in [0.15, 0.2) is 0 Å². The average molecular weight is 291 g/mol. The maximum Gasteiger partial charge on any atom is 0.247 e. The fraction of sp³-hybridized carbons (Fsp3) is 0.667. The normalized spacial score (nSPS) is 18.5. The molecule has 6 nitrogen and oxygen atoms in total. The molecular formula is C15H25N5O. The number of piperazine rings is 1. The Morgan fingerprint density at radius 1 is 1.24 bits per heavy atom. The van der Waals surface area contributed by atoms with Gasteiger partial charge in [0, 0.05) is 31.6 Å². The Morgan fingerprint density at radius 2 is 1.86 bits per heavy atom. The molecule has 0 spiro atoms. The standard InChI is InChI=1S/C15H25N5O/c1-9(2)12-17-11(16)10(3)13(18-12)20-8-7-19(6)14(21)15(20,4)5/h9H,7-8H2,1-6H3,(H2,16,17,18). The molecular weight excluding hydrogens is 266 g/mol. The topological polar surface area (TPSA) is 75.3 Å². The van der Waals surface area contributed by atoms with Gasteiger partial charge in [0.05, 0.1) is 0 Å². The van der Waals surface area contributed by atoms with Crippen LogP contribution in [-0.2, 0) is 4.79 Å². The van der Waals surface area contributed by atoms with Gasteiger partial charge in [0.2, 0.25) is 5.91 Å². The molecule has 0 saturated carbocycles. The number of hydrogen-bond acceptors (Lipinski definition) is 5. The SMILES string of the molecule is Cc1c(N)nc(C(C)C)nc1N1CCN(C)C(=O)C1(C)C. The van der Waals surface area contributed by atoms with Crippen LogP contribution >= 0.6 is 0 Å². The van der Waals surface area contributed by atoms with Gasteiger partial charge in [0.25, 0.3) is 0 Å². The summed E-state index contributed by atoms with van der Waals surface area (Å²) in [6.07, 6.45) is 0. The predicted molar refractivity (Wildman–Crippen MR) is 84.3 cm³/mol. The zero-order chi connectivity index (χ0) is 15.9. The van der Waals surface area contributed by atoms with Crippen molar-refractivity contribution < 1.29 is 4.79 Å². The summed E-state index contributed by atoms with van der Waals surface area (Å²) in [6, 6.07) is 0. The Hall–Kier alpha value is -1.85. The van der Waals surface area contributed by atoms with E-state index in [9.17, 15) is 4.79 Å². The van der Waals surface area contributed by atoms with Crippen LogP contribution in [0.5, 0.6) is 0 Å². The number of rotatable bonds is 2. The third-order valence-corrected chi connectivity index (χ3v) is 4.15. The second-order valence-electron chi connectivity index (χ2n) is 6.51. The number of carbonyl (C=O) groups excluding carboxylic acids is 1. The quantitative estimate of drug-likeness (QED) is 0.894. The lowest BCUT2D eigenvalue weighted by molar-refractivity contribution is -0.136. The lowest BCUT2D eigenvalue weighted by atomic mass is 9.97. The number of anilines is 2. The van der Waals surface area contributed by atoms with Crippen molar-refractivity contribution in [2.45, 2.75) is 46.1 Å². The Morgan fingerprint density at radius 3 is 2.43 bits per heavy atom. The van der Waals surface area contributed by atoms with E-state index in [0.29, 0.717) is 12.4 Å². The molecule has 1 amide bonds. The fourth-order valence-corrected chi connectivity index (χ4v) is 2.64. The number of likely N-dealkylation sites (N-methyl/N-ethyl adjacent to an activating group) is 1. The number of hydrogen-bond donors (Lipinski definition) is 1. The van der Waals surface area contributed by atoms with Crippen LogP contribution < -0.4 is 10.6 Å². The van der Waals surface area contributed by atoms with Crippen molar-refractivity contribution in [1.29, 1.82) is 0 Å². The summed E-state index contributed by atoms with van der Waals surface area (Å²) < 4.78 is 0. The molecule has 0 aliphatic carbocycles. The van der Waals surface area contributed by atoms with Crippen LogP contribution in [0.2, 0.25) is 0 Å². The molecule has 1 aromatic rings. The Kier molecular flexibility index (Phi) is 3.82. The maximum absolute atomic E-state index is 12.5. The third kappa shape index (κ3) is 2.54. The van der Waals surface area contributed by atoms with Crippen LogP contribution in [-0.4, -0.2) is 46.5 Å². The van der Waals surface area contributed by atoms with E-state index in [1.807, 2.05) is 41.7 Å². The number of carbonyl (C=O) groups is 1. The van der Waals surface area contributed by atoms with E-state index in [-0.39, 0.29) is 11.8 Å². The molecule has 0 aromatic carbocycles. The smallest absolute Gasteiger partial charge is 0.247 e. The summed E-state index contributed by atoms with van der Waals surface area (Å²) in [4.78, 5) is 25.3. The first-order valence-corrected chi connectivity index (χ1v) is 7.33. The third-order valence-electron chi connectivity index (χ3n) is 4.15. The molecule has 2 N–H and O–H groups in total. The molecule has 1 fully saturated rings. The highest BCUT2D eigenvalue weighted by Crippen LogP contribution is 2.32. The van der Waals surface area contributed by atoms with Crippen LogP contribution in [0.4, 0.5) is 11.6 Å². The molecule has 0 bridgehead atoms. The lowest BCUT2D eigenvalue weighted by Crippen LogP contribution is -2.62. The second kappa shape index (κ2) is 5.16. The van der Waals surface area contributed by atoms with Gasteiger partial charge in [0.1, 0.15) is 23.0 Å². The van der Waals surface area contributed by atoms with Crippen molar-refractivity contribution in [2.75, 3.05) is 30.8 Å². The molecule has 21 heavy (non-hydrogen) atoms. The minimum absolute atomic E-state index is 0.0939. The monoisotopic (exact) mass is 291 g/mol. The number of nitrogens with two attached hydrogens (primary N) is 1. The molecule has 6 heteroatoms. The second-order valence-corrected chi connectivity index (χ2v) is 6.51. The zero-order valence-electron chi connectivity index (χ0n) is 13.8. The van der Waals surface area contributed by atoms with Gasteiger partial charge < -0.3 is 15.5 Å². The summed E-state index contributed by atoms with van der Waals surface area (Å²) in [5.41, 5.74) is 6.25. The Balaban J connectivity index is 2.53. The van der Waals surface area contributed by atoms with Crippen molar-refractivity contribution in [3.8, 4) is 0 Å². The van der Waals surface area contributed by atoms with E-state index in [1.165, 1.54) is 0 Å². The molecule has 1 aliphatic heterocycles. The summed E-state index contributed by atoms with van der Waals surface area (Å²) in [5, 5.41) is 0. The largest absolute Gasteiger partial charge is 0.383 e. The number of amides is 1. The average Bonchev–Trinajstić information content (AvgIpc) is 2.40. The van der Waals surface area contributed by atoms with Gasteiger partial charge in [-0.15, -0.1) is 0 Å². The van der Waals surface area contributed by atoms with Gasteiger partial charge >= 0.3 is 0 Å². The van der Waals surface area contributed by atoms with Crippen molar-refractivity contribution in [2.24, 2.45) is 0 Å². The Bertz CT molecular complexity index is 567. The first-order chi connectivity index (χ1) is 9.66. The van der Waals surface area contributed by atoms with Gasteiger partial charge in [-0.3, -0.25) is 4.79 Å².